The van der Waals surface area contributed by atoms with Crippen LogP contribution in [0.5, 0.6) is 0 Å². The van der Waals surface area contributed by atoms with Gasteiger partial charge in [-0.2, -0.15) is 4.98 Å². The molecule has 3 rings (SSSR count). The van der Waals surface area contributed by atoms with Crippen LogP contribution < -0.4 is 5.73 Å². The Kier molecular flexibility index (Phi) is 5.63. The second kappa shape index (κ2) is 7.91. The van der Waals surface area contributed by atoms with Crippen LogP contribution in [0.2, 0.25) is 0 Å². The van der Waals surface area contributed by atoms with Crippen molar-refractivity contribution in [3.8, 4) is 10.4 Å². The average Bonchev–Trinajstić information content (AvgIpc) is 3.24. The fourth-order valence-electron chi connectivity index (χ4n) is 2.70. The molecule has 0 unspecified atom stereocenters. The molecule has 0 amide bonds. The summed E-state index contributed by atoms with van der Waals surface area (Å²) in [6, 6.07) is 13.3. The van der Waals surface area contributed by atoms with Crippen molar-refractivity contribution in [2.45, 2.75) is 46.4 Å². The molecule has 2 N–H and O–H groups in total. The molecule has 0 bridgehead atoms. The van der Waals surface area contributed by atoms with E-state index in [9.17, 15) is 0 Å². The normalized spacial score (nSPS) is 11.6. The Balaban J connectivity index is 1.73. The van der Waals surface area contributed by atoms with Gasteiger partial charge in [0.2, 0.25) is 5.89 Å². The molecule has 0 fully saturated rings. The minimum absolute atomic E-state index is 0.277. The number of thiophene rings is 1. The SMILES string of the molecule is Cc1ccccc1-c1ccc(CN(Cc2noc(CN)n2)C(C)C)s1. The van der Waals surface area contributed by atoms with Crippen molar-refractivity contribution in [2.75, 3.05) is 0 Å². The highest BCUT2D eigenvalue weighted by molar-refractivity contribution is 7.15. The summed E-state index contributed by atoms with van der Waals surface area (Å²) in [6.45, 7) is 8.30. The number of benzene rings is 1. The van der Waals surface area contributed by atoms with E-state index in [1.165, 1.54) is 20.9 Å². The van der Waals surface area contributed by atoms with Crippen molar-refractivity contribution in [1.29, 1.82) is 0 Å². The Bertz CT molecular complexity index is 824. The Labute approximate surface area is 152 Å². The molecule has 2 heterocycles. The maximum Gasteiger partial charge on any atom is 0.240 e. The van der Waals surface area contributed by atoms with Gasteiger partial charge >= 0.3 is 0 Å². The van der Waals surface area contributed by atoms with E-state index in [4.69, 9.17) is 10.3 Å². The van der Waals surface area contributed by atoms with Crippen LogP contribution in [0.25, 0.3) is 10.4 Å². The van der Waals surface area contributed by atoms with E-state index >= 15 is 0 Å². The first-order valence-corrected chi connectivity index (χ1v) is 9.28. The first kappa shape index (κ1) is 17.8. The third-order valence-corrected chi connectivity index (χ3v) is 5.29. The van der Waals surface area contributed by atoms with E-state index in [0.717, 1.165) is 6.54 Å². The van der Waals surface area contributed by atoms with Crippen LogP contribution in [0.1, 0.15) is 36.0 Å². The summed E-state index contributed by atoms with van der Waals surface area (Å²) in [7, 11) is 0. The van der Waals surface area contributed by atoms with Gasteiger partial charge in [-0.05, 0) is 44.0 Å². The summed E-state index contributed by atoms with van der Waals surface area (Å²) in [6.07, 6.45) is 0. The summed E-state index contributed by atoms with van der Waals surface area (Å²) in [5, 5.41) is 4.01. The van der Waals surface area contributed by atoms with E-state index in [0.29, 0.717) is 24.3 Å². The highest BCUT2D eigenvalue weighted by Crippen LogP contribution is 2.31. The lowest BCUT2D eigenvalue weighted by atomic mass is 10.1. The lowest BCUT2D eigenvalue weighted by Crippen LogP contribution is -2.30. The Morgan fingerprint density at radius 1 is 1.16 bits per heavy atom. The molecule has 0 aliphatic carbocycles. The van der Waals surface area contributed by atoms with Crippen molar-refractivity contribution in [3.05, 3.63) is 58.6 Å². The van der Waals surface area contributed by atoms with Crippen molar-refractivity contribution in [2.24, 2.45) is 5.73 Å². The third-order valence-electron chi connectivity index (χ3n) is 4.19. The summed E-state index contributed by atoms with van der Waals surface area (Å²) in [5.41, 5.74) is 8.15. The molecule has 0 atom stereocenters. The van der Waals surface area contributed by atoms with Crippen LogP contribution in [0.4, 0.5) is 0 Å². The molecule has 3 aromatic rings. The molecule has 25 heavy (non-hydrogen) atoms. The van der Waals surface area contributed by atoms with Crippen LogP contribution in [0.3, 0.4) is 0 Å². The Morgan fingerprint density at radius 2 is 1.96 bits per heavy atom. The van der Waals surface area contributed by atoms with Crippen LogP contribution in [-0.4, -0.2) is 21.1 Å². The molecule has 0 saturated heterocycles. The molecule has 1 aromatic carbocycles. The summed E-state index contributed by atoms with van der Waals surface area (Å²) >= 11 is 1.84. The molecule has 0 aliphatic heterocycles. The number of hydrogen-bond acceptors (Lipinski definition) is 6. The van der Waals surface area contributed by atoms with E-state index in [1.54, 1.807) is 0 Å². The quantitative estimate of drug-likeness (QED) is 0.693. The molecule has 5 nitrogen and oxygen atoms in total. The smallest absolute Gasteiger partial charge is 0.240 e. The van der Waals surface area contributed by atoms with Gasteiger partial charge in [-0.25, -0.2) is 0 Å². The third kappa shape index (κ3) is 4.34. The highest BCUT2D eigenvalue weighted by atomic mass is 32.1. The molecule has 132 valence electrons. The predicted molar refractivity (Wildman–Crippen MR) is 101 cm³/mol. The molecular formula is C19H24N4OS. The molecule has 6 heteroatoms. The predicted octanol–water partition coefficient (Wildman–Crippen LogP) is 3.98. The molecule has 0 radical (unpaired) electrons. The zero-order chi connectivity index (χ0) is 17.8. The molecular weight excluding hydrogens is 332 g/mol. The second-order valence-corrected chi connectivity index (χ2v) is 7.56. The monoisotopic (exact) mass is 356 g/mol. The minimum Gasteiger partial charge on any atom is -0.338 e. The van der Waals surface area contributed by atoms with Gasteiger partial charge in [0, 0.05) is 22.3 Å². The first-order valence-electron chi connectivity index (χ1n) is 8.47. The zero-order valence-corrected chi connectivity index (χ0v) is 15.7. The summed E-state index contributed by atoms with van der Waals surface area (Å²) in [5.74, 6) is 1.17. The van der Waals surface area contributed by atoms with Crippen molar-refractivity contribution in [3.63, 3.8) is 0 Å². The zero-order valence-electron chi connectivity index (χ0n) is 14.9. The average molecular weight is 356 g/mol. The van der Waals surface area contributed by atoms with Gasteiger partial charge in [-0.3, -0.25) is 4.90 Å². The Hall–Kier alpha value is -2.02. The number of hydrogen-bond donors (Lipinski definition) is 1. The van der Waals surface area contributed by atoms with Gasteiger partial charge in [-0.15, -0.1) is 11.3 Å². The number of aromatic nitrogens is 2. The standard InChI is InChI=1S/C19H24N4OS/c1-13(2)23(12-18-21-19(10-20)24-22-18)11-15-8-9-17(25-15)16-7-5-4-6-14(16)3/h4-9,13H,10-12,20H2,1-3H3. The van der Waals surface area contributed by atoms with Gasteiger partial charge in [0.15, 0.2) is 5.82 Å². The number of aryl methyl sites for hydroxylation is 1. The lowest BCUT2D eigenvalue weighted by Gasteiger charge is -2.24. The fourth-order valence-corrected chi connectivity index (χ4v) is 3.82. The lowest BCUT2D eigenvalue weighted by molar-refractivity contribution is 0.197. The topological polar surface area (TPSA) is 68.2 Å². The number of rotatable bonds is 7. The maximum absolute atomic E-state index is 5.54. The van der Waals surface area contributed by atoms with E-state index < -0.39 is 0 Å². The van der Waals surface area contributed by atoms with Crippen LogP contribution in [0.15, 0.2) is 40.9 Å². The number of nitrogens with zero attached hydrogens (tertiary/aromatic N) is 3. The molecule has 0 spiro atoms. The van der Waals surface area contributed by atoms with Gasteiger partial charge in [0.1, 0.15) is 0 Å². The summed E-state index contributed by atoms with van der Waals surface area (Å²) in [4.78, 5) is 9.28. The molecule has 0 aliphatic rings. The van der Waals surface area contributed by atoms with Crippen molar-refractivity contribution >= 4 is 11.3 Å². The van der Waals surface area contributed by atoms with Crippen LogP contribution in [0, 0.1) is 6.92 Å². The van der Waals surface area contributed by atoms with Crippen molar-refractivity contribution in [1.82, 2.24) is 15.0 Å². The van der Waals surface area contributed by atoms with Gasteiger partial charge in [0.05, 0.1) is 13.1 Å². The fraction of sp³-hybridized carbons (Fsp3) is 0.368. The highest BCUT2D eigenvalue weighted by Gasteiger charge is 2.16. The molecule has 2 aromatic heterocycles. The Morgan fingerprint density at radius 3 is 2.64 bits per heavy atom. The van der Waals surface area contributed by atoms with Gasteiger partial charge in [-0.1, -0.05) is 29.4 Å². The van der Waals surface area contributed by atoms with E-state index in [1.807, 2.05) is 11.3 Å². The number of nitrogens with two attached hydrogens (primary N) is 1. The maximum atomic E-state index is 5.54. The van der Waals surface area contributed by atoms with Crippen LogP contribution >= 0.6 is 11.3 Å². The van der Waals surface area contributed by atoms with E-state index in [2.05, 4.69) is 72.2 Å². The second-order valence-electron chi connectivity index (χ2n) is 6.39. The summed E-state index contributed by atoms with van der Waals surface area (Å²) < 4.78 is 5.11. The minimum atomic E-state index is 0.277. The van der Waals surface area contributed by atoms with Gasteiger partial charge < -0.3 is 10.3 Å². The first-order chi connectivity index (χ1) is 12.1. The molecule has 0 saturated carbocycles. The van der Waals surface area contributed by atoms with Crippen LogP contribution in [-0.2, 0) is 19.6 Å². The van der Waals surface area contributed by atoms with Gasteiger partial charge in [0.25, 0.3) is 0 Å². The van der Waals surface area contributed by atoms with Crippen molar-refractivity contribution < 1.29 is 4.52 Å². The largest absolute Gasteiger partial charge is 0.338 e. The van der Waals surface area contributed by atoms with E-state index in [-0.39, 0.29) is 6.54 Å².